The predicted octanol–water partition coefficient (Wildman–Crippen LogP) is 5.97. The van der Waals surface area contributed by atoms with Crippen molar-refractivity contribution in [2.45, 2.75) is 40.3 Å². The molecule has 1 unspecified atom stereocenters. The number of aryl methyl sites for hydroxylation is 2. The number of hydrogen-bond acceptors (Lipinski definition) is 5. The Morgan fingerprint density at radius 1 is 0.973 bits per heavy atom. The summed E-state index contributed by atoms with van der Waals surface area (Å²) in [5.74, 6) is 0.283. The third-order valence-corrected chi connectivity index (χ3v) is 6.45. The second kappa shape index (κ2) is 10.9. The molecular formula is C31H33NO5. The lowest BCUT2D eigenvalue weighted by Gasteiger charge is -2.26. The van der Waals surface area contributed by atoms with Crippen LogP contribution in [0, 0.1) is 19.8 Å². The van der Waals surface area contributed by atoms with Gasteiger partial charge in [-0.25, -0.2) is 0 Å². The number of hydrogen-bond donors (Lipinski definition) is 1. The summed E-state index contributed by atoms with van der Waals surface area (Å²) in [6.07, 6.45) is 0. The fraction of sp³-hybridized carbons (Fsp3) is 0.290. The van der Waals surface area contributed by atoms with Gasteiger partial charge in [-0.15, -0.1) is 0 Å². The molecule has 1 N–H and O–H groups in total. The maximum atomic E-state index is 13.4. The van der Waals surface area contributed by atoms with Crippen LogP contribution in [-0.4, -0.2) is 35.4 Å². The number of ketones is 1. The van der Waals surface area contributed by atoms with Gasteiger partial charge in [0.05, 0.1) is 25.3 Å². The Labute approximate surface area is 218 Å². The lowest BCUT2D eigenvalue weighted by atomic mass is 9.93. The highest BCUT2D eigenvalue weighted by molar-refractivity contribution is 6.46. The number of amides is 1. The number of Topliss-reactive ketones (excluding diaryl/α,β-unsaturated/α-hetero) is 1. The van der Waals surface area contributed by atoms with Crippen molar-refractivity contribution in [3.63, 3.8) is 0 Å². The Balaban J connectivity index is 1.76. The van der Waals surface area contributed by atoms with E-state index in [0.29, 0.717) is 23.8 Å². The smallest absolute Gasteiger partial charge is 0.295 e. The molecule has 0 aliphatic carbocycles. The lowest BCUT2D eigenvalue weighted by Crippen LogP contribution is -2.29. The molecule has 0 bridgehead atoms. The summed E-state index contributed by atoms with van der Waals surface area (Å²) in [4.78, 5) is 28.2. The van der Waals surface area contributed by atoms with Gasteiger partial charge in [0.15, 0.2) is 0 Å². The van der Waals surface area contributed by atoms with Gasteiger partial charge in [-0.1, -0.05) is 55.8 Å². The molecule has 192 valence electrons. The Hall–Kier alpha value is -4.06. The Morgan fingerprint density at radius 2 is 1.68 bits per heavy atom. The fourth-order valence-corrected chi connectivity index (χ4v) is 4.55. The van der Waals surface area contributed by atoms with Crippen LogP contribution in [0.15, 0.2) is 72.3 Å². The zero-order valence-corrected chi connectivity index (χ0v) is 21.9. The summed E-state index contributed by atoms with van der Waals surface area (Å²) in [6.45, 7) is 8.79. The van der Waals surface area contributed by atoms with Gasteiger partial charge in [-0.05, 0) is 66.8 Å². The van der Waals surface area contributed by atoms with E-state index in [1.54, 1.807) is 25.3 Å². The van der Waals surface area contributed by atoms with Crippen molar-refractivity contribution >= 4 is 17.4 Å². The van der Waals surface area contributed by atoms with E-state index >= 15 is 0 Å². The molecule has 0 aromatic heterocycles. The number of rotatable bonds is 8. The van der Waals surface area contributed by atoms with Crippen molar-refractivity contribution < 1.29 is 24.2 Å². The van der Waals surface area contributed by atoms with E-state index in [0.717, 1.165) is 28.0 Å². The third-order valence-electron chi connectivity index (χ3n) is 6.45. The number of carbonyl (C=O) groups excluding carboxylic acids is 2. The number of ether oxygens (including phenoxy) is 2. The van der Waals surface area contributed by atoms with Gasteiger partial charge in [0.2, 0.25) is 0 Å². The van der Waals surface area contributed by atoms with E-state index in [9.17, 15) is 14.7 Å². The first-order valence-corrected chi connectivity index (χ1v) is 12.4. The van der Waals surface area contributed by atoms with Gasteiger partial charge in [0.1, 0.15) is 17.3 Å². The minimum atomic E-state index is -0.724. The summed E-state index contributed by atoms with van der Waals surface area (Å²) in [6, 6.07) is 19.7. The van der Waals surface area contributed by atoms with Crippen molar-refractivity contribution in [2.24, 2.45) is 5.92 Å². The molecule has 0 spiro atoms. The summed E-state index contributed by atoms with van der Waals surface area (Å²) in [5.41, 5.74) is 3.93. The first kappa shape index (κ1) is 26.0. The second-order valence-corrected chi connectivity index (χ2v) is 9.87. The molecule has 1 fully saturated rings. The van der Waals surface area contributed by atoms with Crippen molar-refractivity contribution in [2.75, 3.05) is 13.7 Å². The number of benzene rings is 3. The number of aliphatic hydroxyl groups is 1. The molecular weight excluding hydrogens is 466 g/mol. The minimum Gasteiger partial charge on any atom is -0.507 e. The molecule has 37 heavy (non-hydrogen) atoms. The van der Waals surface area contributed by atoms with Crippen LogP contribution >= 0.6 is 0 Å². The summed E-state index contributed by atoms with van der Waals surface area (Å²) in [5, 5.41) is 11.4. The second-order valence-electron chi connectivity index (χ2n) is 9.87. The molecule has 1 aliphatic rings. The molecule has 3 aromatic rings. The molecule has 1 atom stereocenters. The van der Waals surface area contributed by atoms with Crippen molar-refractivity contribution in [1.82, 2.24) is 4.90 Å². The van der Waals surface area contributed by atoms with Crippen LogP contribution in [0.4, 0.5) is 0 Å². The van der Waals surface area contributed by atoms with Crippen molar-refractivity contribution in [1.29, 1.82) is 0 Å². The molecule has 0 saturated carbocycles. The number of carbonyl (C=O) groups is 2. The van der Waals surface area contributed by atoms with Crippen LogP contribution in [0.2, 0.25) is 0 Å². The van der Waals surface area contributed by atoms with E-state index in [2.05, 4.69) is 13.8 Å². The fourth-order valence-electron chi connectivity index (χ4n) is 4.55. The van der Waals surface area contributed by atoms with Crippen LogP contribution in [0.25, 0.3) is 5.76 Å². The van der Waals surface area contributed by atoms with E-state index < -0.39 is 17.7 Å². The molecule has 3 aromatic carbocycles. The van der Waals surface area contributed by atoms with Crippen molar-refractivity contribution in [3.8, 4) is 11.5 Å². The number of nitrogens with zero attached hydrogens (tertiary/aromatic N) is 1. The average Bonchev–Trinajstić information content (AvgIpc) is 3.12. The first-order chi connectivity index (χ1) is 17.7. The monoisotopic (exact) mass is 499 g/mol. The largest absolute Gasteiger partial charge is 0.507 e. The van der Waals surface area contributed by atoms with Crippen molar-refractivity contribution in [3.05, 3.63) is 100 Å². The Morgan fingerprint density at radius 3 is 2.30 bits per heavy atom. The molecule has 4 rings (SSSR count). The minimum absolute atomic E-state index is 0.0840. The maximum Gasteiger partial charge on any atom is 0.295 e. The van der Waals surface area contributed by atoms with Crippen LogP contribution < -0.4 is 9.47 Å². The molecule has 1 saturated heterocycles. The molecule has 6 heteroatoms. The molecule has 1 amide bonds. The molecule has 1 heterocycles. The van der Waals surface area contributed by atoms with Gasteiger partial charge < -0.3 is 19.5 Å². The normalized spacial score (nSPS) is 16.9. The summed E-state index contributed by atoms with van der Waals surface area (Å²) in [7, 11) is 1.57. The zero-order valence-electron chi connectivity index (χ0n) is 21.9. The van der Waals surface area contributed by atoms with E-state index in [-0.39, 0.29) is 17.9 Å². The number of aliphatic hydroxyl groups excluding tert-OH is 1. The lowest BCUT2D eigenvalue weighted by molar-refractivity contribution is -0.140. The van der Waals surface area contributed by atoms with E-state index in [4.69, 9.17) is 9.47 Å². The number of likely N-dealkylation sites (tertiary alicyclic amines) is 1. The van der Waals surface area contributed by atoms with E-state index in [1.165, 1.54) is 4.90 Å². The van der Waals surface area contributed by atoms with Gasteiger partial charge in [0.25, 0.3) is 11.7 Å². The quantitative estimate of drug-likeness (QED) is 0.235. The molecule has 1 aliphatic heterocycles. The van der Waals surface area contributed by atoms with Crippen LogP contribution in [-0.2, 0) is 16.1 Å². The van der Waals surface area contributed by atoms with Gasteiger partial charge in [-0.2, -0.15) is 0 Å². The molecule has 6 nitrogen and oxygen atoms in total. The molecule has 0 radical (unpaired) electrons. The van der Waals surface area contributed by atoms with Crippen LogP contribution in [0.3, 0.4) is 0 Å². The van der Waals surface area contributed by atoms with Gasteiger partial charge >= 0.3 is 0 Å². The highest BCUT2D eigenvalue weighted by Crippen LogP contribution is 2.41. The first-order valence-electron chi connectivity index (χ1n) is 12.4. The summed E-state index contributed by atoms with van der Waals surface area (Å²) >= 11 is 0. The van der Waals surface area contributed by atoms with E-state index in [1.807, 2.05) is 62.4 Å². The summed E-state index contributed by atoms with van der Waals surface area (Å²) < 4.78 is 11.1. The van der Waals surface area contributed by atoms with Crippen LogP contribution in [0.5, 0.6) is 11.5 Å². The third kappa shape index (κ3) is 5.53. The Bertz CT molecular complexity index is 1340. The predicted molar refractivity (Wildman–Crippen MR) is 144 cm³/mol. The Kier molecular flexibility index (Phi) is 7.67. The highest BCUT2D eigenvalue weighted by Gasteiger charge is 2.46. The average molecular weight is 500 g/mol. The highest BCUT2D eigenvalue weighted by atomic mass is 16.5. The standard InChI is InChI=1S/C31H33NO5/c1-19(2)18-37-24-11-9-22(10-12-24)17-32-28(23-8-6-7-20(3)15-23)27(30(34)31(32)35)29(33)26-14-13-25(36-5)16-21(26)4/h6-16,19,28,33H,17-18H2,1-5H3/b29-27-. The number of methoxy groups -OCH3 is 1. The SMILES string of the molecule is COc1ccc(/C(O)=C2/C(=O)C(=O)N(Cc3ccc(OCC(C)C)cc3)C2c2cccc(C)c2)c(C)c1. The van der Waals surface area contributed by atoms with Gasteiger partial charge in [-0.3, -0.25) is 9.59 Å². The van der Waals surface area contributed by atoms with Crippen LogP contribution in [0.1, 0.15) is 47.7 Å². The topological polar surface area (TPSA) is 76.1 Å². The zero-order chi connectivity index (χ0) is 26.7. The maximum absolute atomic E-state index is 13.4. The van der Waals surface area contributed by atoms with Gasteiger partial charge in [0, 0.05) is 12.1 Å².